The number of rotatable bonds is 2. The maximum Gasteiger partial charge on any atom is 0.415 e. The van der Waals surface area contributed by atoms with Crippen molar-refractivity contribution < 1.29 is 18.7 Å². The number of carbonyl (C=O) groups is 2. The number of aromatic nitrogens is 1. The highest BCUT2D eigenvalue weighted by atomic mass is 16.6. The quantitative estimate of drug-likeness (QED) is 0.803. The minimum absolute atomic E-state index is 0.0399. The van der Waals surface area contributed by atoms with Crippen molar-refractivity contribution in [2.75, 3.05) is 5.32 Å². The highest BCUT2D eigenvalue weighted by Gasteiger charge is 2.19. The summed E-state index contributed by atoms with van der Waals surface area (Å²) in [7, 11) is 0. The second-order valence-corrected chi connectivity index (χ2v) is 4.62. The fraction of sp³-hybridized carbons (Fsp3) is 0.545. The number of carbonyl (C=O) groups excluding carboxylic acids is 2. The maximum absolute atomic E-state index is 11.4. The number of ether oxygens (including phenoxy) is 1. The van der Waals surface area contributed by atoms with E-state index in [1.165, 1.54) is 6.92 Å². The fourth-order valence-corrected chi connectivity index (χ4v) is 1.17. The van der Waals surface area contributed by atoms with E-state index < -0.39 is 11.7 Å². The molecule has 0 unspecified atom stereocenters. The molecule has 0 aliphatic carbocycles. The molecule has 17 heavy (non-hydrogen) atoms. The molecule has 0 fully saturated rings. The van der Waals surface area contributed by atoms with E-state index in [9.17, 15) is 9.59 Å². The first kappa shape index (κ1) is 13.2. The Morgan fingerprint density at radius 2 is 1.94 bits per heavy atom. The second kappa shape index (κ2) is 4.57. The summed E-state index contributed by atoms with van der Waals surface area (Å²) >= 11 is 0. The first-order valence-corrected chi connectivity index (χ1v) is 5.17. The minimum Gasteiger partial charge on any atom is -0.443 e. The van der Waals surface area contributed by atoms with Crippen LogP contribution < -0.4 is 5.32 Å². The molecule has 1 aromatic heterocycles. The number of nitrogens with one attached hydrogen (secondary N) is 1. The molecule has 1 aromatic rings. The van der Waals surface area contributed by atoms with Crippen LogP contribution in [0.1, 0.15) is 43.9 Å². The van der Waals surface area contributed by atoms with Gasteiger partial charge in [0.25, 0.3) is 0 Å². The molecule has 0 aliphatic rings. The Morgan fingerprint density at radius 3 is 2.35 bits per heavy atom. The molecular weight excluding hydrogens is 224 g/mol. The molecule has 1 N–H and O–H groups in total. The minimum atomic E-state index is -0.672. The van der Waals surface area contributed by atoms with Crippen LogP contribution in [0.25, 0.3) is 0 Å². The first-order chi connectivity index (χ1) is 7.69. The number of Topliss-reactive ketones (excluding diaryl/α,β-unsaturated/α-hetero) is 1. The second-order valence-electron chi connectivity index (χ2n) is 4.62. The number of hydrogen-bond acceptors (Lipinski definition) is 5. The number of hydrogen-bond donors (Lipinski definition) is 1. The number of anilines is 1. The molecule has 0 aliphatic heterocycles. The van der Waals surface area contributed by atoms with E-state index in [1.807, 2.05) is 0 Å². The summed E-state index contributed by atoms with van der Waals surface area (Å²) in [5.74, 6) is -0.108. The van der Waals surface area contributed by atoms with Gasteiger partial charge in [0.2, 0.25) is 0 Å². The van der Waals surface area contributed by atoms with E-state index >= 15 is 0 Å². The van der Waals surface area contributed by atoms with Gasteiger partial charge in [-0.15, -0.1) is 0 Å². The third kappa shape index (κ3) is 3.90. The van der Waals surface area contributed by atoms with E-state index in [-0.39, 0.29) is 17.6 Å². The molecule has 0 saturated heterocycles. The highest BCUT2D eigenvalue weighted by molar-refractivity contribution is 5.93. The van der Waals surface area contributed by atoms with Gasteiger partial charge in [-0.25, -0.2) is 10.1 Å². The molecule has 1 amide bonds. The Bertz CT molecular complexity index is 443. The van der Waals surface area contributed by atoms with Crippen molar-refractivity contribution in [2.45, 2.75) is 40.2 Å². The van der Waals surface area contributed by atoms with Crippen LogP contribution >= 0.6 is 0 Å². The van der Waals surface area contributed by atoms with Crippen LogP contribution in [0.15, 0.2) is 4.42 Å². The predicted octanol–water partition coefficient (Wildman–Crippen LogP) is 2.53. The lowest BCUT2D eigenvalue weighted by Gasteiger charge is -2.18. The zero-order chi connectivity index (χ0) is 13.2. The lowest BCUT2D eigenvalue weighted by Crippen LogP contribution is -2.27. The number of ketones is 1. The van der Waals surface area contributed by atoms with Crippen molar-refractivity contribution in [1.29, 1.82) is 0 Å². The van der Waals surface area contributed by atoms with E-state index in [0.29, 0.717) is 5.69 Å². The summed E-state index contributed by atoms with van der Waals surface area (Å²) < 4.78 is 10.1. The summed E-state index contributed by atoms with van der Waals surface area (Å²) in [6, 6.07) is -0.0399. The van der Waals surface area contributed by atoms with Crippen LogP contribution in [0.3, 0.4) is 0 Å². The average Bonchev–Trinajstić information content (AvgIpc) is 2.42. The molecule has 0 aromatic carbocycles. The maximum atomic E-state index is 11.4. The third-order valence-corrected chi connectivity index (χ3v) is 1.72. The number of amides is 1. The Hall–Kier alpha value is -1.85. The number of oxazole rings is 1. The van der Waals surface area contributed by atoms with Crippen molar-refractivity contribution in [1.82, 2.24) is 4.98 Å². The van der Waals surface area contributed by atoms with Crippen molar-refractivity contribution in [3.8, 4) is 0 Å². The average molecular weight is 240 g/mol. The summed E-state index contributed by atoms with van der Waals surface area (Å²) in [4.78, 5) is 26.4. The zero-order valence-electron chi connectivity index (χ0n) is 10.6. The Balaban J connectivity index is 2.73. The number of aryl methyl sites for hydroxylation is 1. The van der Waals surface area contributed by atoms with E-state index in [2.05, 4.69) is 10.3 Å². The lowest BCUT2D eigenvalue weighted by atomic mass is 10.2. The van der Waals surface area contributed by atoms with Gasteiger partial charge in [-0.2, -0.15) is 4.98 Å². The Morgan fingerprint density at radius 1 is 1.35 bits per heavy atom. The largest absolute Gasteiger partial charge is 0.443 e. The van der Waals surface area contributed by atoms with Gasteiger partial charge in [-0.3, -0.25) is 4.79 Å². The van der Waals surface area contributed by atoms with Crippen molar-refractivity contribution in [2.24, 2.45) is 0 Å². The Kier molecular flexibility index (Phi) is 3.55. The molecule has 6 nitrogen and oxygen atoms in total. The van der Waals surface area contributed by atoms with Crippen molar-refractivity contribution in [3.63, 3.8) is 0 Å². The zero-order valence-corrected chi connectivity index (χ0v) is 10.6. The molecular formula is C11H16N2O4. The van der Waals surface area contributed by atoms with Crippen LogP contribution in [0, 0.1) is 6.92 Å². The monoisotopic (exact) mass is 240 g/mol. The van der Waals surface area contributed by atoms with Gasteiger partial charge in [-0.1, -0.05) is 0 Å². The van der Waals surface area contributed by atoms with Crippen LogP contribution in [-0.4, -0.2) is 22.5 Å². The molecule has 94 valence electrons. The van der Waals surface area contributed by atoms with Gasteiger partial charge >= 0.3 is 12.1 Å². The molecule has 0 bridgehead atoms. The molecule has 1 heterocycles. The molecule has 0 radical (unpaired) electrons. The van der Waals surface area contributed by atoms with Gasteiger partial charge in [0.1, 0.15) is 5.60 Å². The van der Waals surface area contributed by atoms with Crippen LogP contribution in [0.4, 0.5) is 10.8 Å². The first-order valence-electron chi connectivity index (χ1n) is 5.17. The lowest BCUT2D eigenvalue weighted by molar-refractivity contribution is 0.0630. The van der Waals surface area contributed by atoms with E-state index in [0.717, 1.165) is 0 Å². The Labute approximate surface area is 99.4 Å². The molecule has 0 saturated carbocycles. The standard InChI is InChI=1S/C11H16N2O4/c1-6-8(7(2)14)16-9(12-6)13-10(15)17-11(3,4)5/h1-5H3,(H,12,13,15). The topological polar surface area (TPSA) is 81.4 Å². The summed E-state index contributed by atoms with van der Waals surface area (Å²) in [5.41, 5.74) is -0.168. The summed E-state index contributed by atoms with van der Waals surface area (Å²) in [6.07, 6.45) is -0.672. The van der Waals surface area contributed by atoms with Gasteiger partial charge < -0.3 is 9.15 Å². The van der Waals surface area contributed by atoms with Crippen molar-refractivity contribution >= 4 is 17.9 Å². The molecule has 0 atom stereocenters. The van der Waals surface area contributed by atoms with Crippen LogP contribution in [-0.2, 0) is 4.74 Å². The fourth-order valence-electron chi connectivity index (χ4n) is 1.17. The molecule has 1 rings (SSSR count). The molecule has 6 heteroatoms. The highest BCUT2D eigenvalue weighted by Crippen LogP contribution is 2.16. The summed E-state index contributed by atoms with van der Waals surface area (Å²) in [6.45, 7) is 8.22. The third-order valence-electron chi connectivity index (χ3n) is 1.72. The predicted molar refractivity (Wildman–Crippen MR) is 61.1 cm³/mol. The van der Waals surface area contributed by atoms with E-state index in [4.69, 9.17) is 9.15 Å². The van der Waals surface area contributed by atoms with Gasteiger partial charge in [0.05, 0.1) is 5.69 Å². The van der Waals surface area contributed by atoms with Crippen LogP contribution in [0.2, 0.25) is 0 Å². The molecule has 0 spiro atoms. The van der Waals surface area contributed by atoms with E-state index in [1.54, 1.807) is 27.7 Å². The van der Waals surface area contributed by atoms with Gasteiger partial charge in [-0.05, 0) is 27.7 Å². The normalized spacial score (nSPS) is 11.1. The van der Waals surface area contributed by atoms with Crippen molar-refractivity contribution in [3.05, 3.63) is 11.5 Å². The van der Waals surface area contributed by atoms with Gasteiger partial charge in [0, 0.05) is 6.92 Å². The van der Waals surface area contributed by atoms with Gasteiger partial charge in [0.15, 0.2) is 11.5 Å². The smallest absolute Gasteiger partial charge is 0.415 e. The summed E-state index contributed by atoms with van der Waals surface area (Å²) in [5, 5.41) is 2.32. The SMILES string of the molecule is CC(=O)c1oc(NC(=O)OC(C)(C)C)nc1C. The number of nitrogens with zero attached hydrogens (tertiary/aromatic N) is 1. The van der Waals surface area contributed by atoms with Crippen LogP contribution in [0.5, 0.6) is 0 Å².